The molecule has 0 amide bonds. The summed E-state index contributed by atoms with van der Waals surface area (Å²) in [4.78, 5) is 3.89. The van der Waals surface area contributed by atoms with Gasteiger partial charge in [-0.15, -0.1) is 21.8 Å². The van der Waals surface area contributed by atoms with Crippen LogP contribution >= 0.6 is 22.9 Å². The highest BCUT2D eigenvalue weighted by molar-refractivity contribution is 7.14. The summed E-state index contributed by atoms with van der Waals surface area (Å²) >= 11 is 6.93. The summed E-state index contributed by atoms with van der Waals surface area (Å²) in [5.74, 6) is -0.0328. The smallest absolute Gasteiger partial charge is 0.166 e. The fourth-order valence-electron chi connectivity index (χ4n) is 0.913. The molecule has 0 aromatic carbocycles. The molecule has 0 radical (unpaired) electrons. The molecule has 14 heavy (non-hydrogen) atoms. The molecule has 0 bridgehead atoms. The van der Waals surface area contributed by atoms with Gasteiger partial charge >= 0.3 is 0 Å². The predicted octanol–water partition coefficient (Wildman–Crippen LogP) is 2.48. The van der Waals surface area contributed by atoms with Crippen LogP contribution in [-0.2, 0) is 5.88 Å². The minimum absolute atomic E-state index is 0.332. The minimum Gasteiger partial charge on any atom is -0.251 e. The average Bonchev–Trinajstić information content (AvgIpc) is 2.67. The van der Waals surface area contributed by atoms with Crippen molar-refractivity contribution in [3.8, 4) is 10.7 Å². The standard InChI is InChI=1S/C8H5ClFN3S/c9-3-7-12-13-8(14-7)6-2-1-5(10)4-11-6/h1-2,4H,3H2. The van der Waals surface area contributed by atoms with Gasteiger partial charge in [0.1, 0.15) is 16.5 Å². The van der Waals surface area contributed by atoms with E-state index in [1.165, 1.54) is 17.4 Å². The number of nitrogens with zero attached hydrogens (tertiary/aromatic N) is 3. The first-order valence-corrected chi connectivity index (χ1v) is 5.15. The van der Waals surface area contributed by atoms with Crippen LogP contribution in [-0.4, -0.2) is 15.2 Å². The van der Waals surface area contributed by atoms with Gasteiger partial charge in [0.15, 0.2) is 5.01 Å². The van der Waals surface area contributed by atoms with Gasteiger partial charge in [0.25, 0.3) is 0 Å². The molecule has 0 N–H and O–H groups in total. The molecule has 0 spiro atoms. The van der Waals surface area contributed by atoms with Crippen molar-refractivity contribution in [1.82, 2.24) is 15.2 Å². The number of hydrogen-bond donors (Lipinski definition) is 0. The fraction of sp³-hybridized carbons (Fsp3) is 0.125. The van der Waals surface area contributed by atoms with Gasteiger partial charge in [0.05, 0.1) is 12.1 Å². The van der Waals surface area contributed by atoms with E-state index in [9.17, 15) is 4.39 Å². The maximum Gasteiger partial charge on any atom is 0.166 e. The Morgan fingerprint density at radius 1 is 1.36 bits per heavy atom. The summed E-state index contributed by atoms with van der Waals surface area (Å²) in [5, 5.41) is 9.11. The Bertz CT molecular complexity index is 428. The van der Waals surface area contributed by atoms with Crippen molar-refractivity contribution in [2.45, 2.75) is 5.88 Å². The summed E-state index contributed by atoms with van der Waals surface area (Å²) in [6, 6.07) is 2.90. The Kier molecular flexibility index (Phi) is 2.69. The SMILES string of the molecule is Fc1ccc(-c2nnc(CCl)s2)nc1. The van der Waals surface area contributed by atoms with Crippen molar-refractivity contribution in [2.75, 3.05) is 0 Å². The van der Waals surface area contributed by atoms with Gasteiger partial charge in [-0.1, -0.05) is 11.3 Å². The summed E-state index contributed by atoms with van der Waals surface area (Å²) in [6.07, 6.45) is 1.15. The Morgan fingerprint density at radius 3 is 2.79 bits per heavy atom. The van der Waals surface area contributed by atoms with Crippen LogP contribution in [0.25, 0.3) is 10.7 Å². The van der Waals surface area contributed by atoms with Crippen LogP contribution < -0.4 is 0 Å². The first-order valence-electron chi connectivity index (χ1n) is 3.80. The molecule has 2 aromatic rings. The largest absolute Gasteiger partial charge is 0.251 e. The Morgan fingerprint density at radius 2 is 2.21 bits per heavy atom. The maximum atomic E-state index is 12.6. The molecule has 3 nitrogen and oxygen atoms in total. The molecule has 0 aliphatic heterocycles. The highest BCUT2D eigenvalue weighted by atomic mass is 35.5. The van der Waals surface area contributed by atoms with E-state index in [1.807, 2.05) is 0 Å². The summed E-state index contributed by atoms with van der Waals surface area (Å²) in [6.45, 7) is 0. The third-order valence-corrected chi connectivity index (χ3v) is 2.89. The van der Waals surface area contributed by atoms with Crippen molar-refractivity contribution >= 4 is 22.9 Å². The average molecular weight is 230 g/mol. The Balaban J connectivity index is 2.34. The van der Waals surface area contributed by atoms with Crippen LogP contribution in [0.15, 0.2) is 18.3 Å². The van der Waals surface area contributed by atoms with Gasteiger partial charge in [0.2, 0.25) is 0 Å². The van der Waals surface area contributed by atoms with Crippen LogP contribution in [0.4, 0.5) is 4.39 Å². The highest BCUT2D eigenvalue weighted by Gasteiger charge is 2.06. The van der Waals surface area contributed by atoms with E-state index < -0.39 is 0 Å². The molecule has 0 aliphatic carbocycles. The molecule has 0 atom stereocenters. The van der Waals surface area contributed by atoms with E-state index >= 15 is 0 Å². The molecule has 0 aliphatic rings. The third-order valence-electron chi connectivity index (χ3n) is 1.53. The number of aromatic nitrogens is 3. The second-order valence-electron chi connectivity index (χ2n) is 2.50. The van der Waals surface area contributed by atoms with E-state index in [-0.39, 0.29) is 5.82 Å². The fourth-order valence-corrected chi connectivity index (χ4v) is 1.80. The van der Waals surface area contributed by atoms with Crippen molar-refractivity contribution in [2.24, 2.45) is 0 Å². The number of hydrogen-bond acceptors (Lipinski definition) is 4. The van der Waals surface area contributed by atoms with Gasteiger partial charge in [-0.3, -0.25) is 4.98 Å². The zero-order chi connectivity index (χ0) is 9.97. The summed E-state index contributed by atoms with van der Waals surface area (Å²) in [7, 11) is 0. The quantitative estimate of drug-likeness (QED) is 0.743. The van der Waals surface area contributed by atoms with Crippen molar-refractivity contribution in [3.63, 3.8) is 0 Å². The molecule has 2 aromatic heterocycles. The van der Waals surface area contributed by atoms with Crippen LogP contribution in [0.5, 0.6) is 0 Å². The van der Waals surface area contributed by atoms with Gasteiger partial charge in [-0.05, 0) is 12.1 Å². The van der Waals surface area contributed by atoms with E-state index in [2.05, 4.69) is 15.2 Å². The van der Waals surface area contributed by atoms with Crippen molar-refractivity contribution in [3.05, 3.63) is 29.2 Å². The second kappa shape index (κ2) is 3.98. The highest BCUT2D eigenvalue weighted by Crippen LogP contribution is 2.22. The zero-order valence-corrected chi connectivity index (χ0v) is 8.52. The van der Waals surface area contributed by atoms with Gasteiger partial charge in [-0.25, -0.2) is 4.39 Å². The molecule has 2 rings (SSSR count). The third kappa shape index (κ3) is 1.88. The number of alkyl halides is 1. The van der Waals surface area contributed by atoms with Crippen LogP contribution in [0.1, 0.15) is 5.01 Å². The minimum atomic E-state index is -0.365. The van der Waals surface area contributed by atoms with E-state index in [0.29, 0.717) is 16.6 Å². The number of halogens is 2. The molecule has 0 unspecified atom stereocenters. The molecule has 0 saturated carbocycles. The van der Waals surface area contributed by atoms with E-state index in [0.717, 1.165) is 11.2 Å². The lowest BCUT2D eigenvalue weighted by Gasteiger charge is -1.92. The molecule has 0 fully saturated rings. The summed E-state index contributed by atoms with van der Waals surface area (Å²) < 4.78 is 12.6. The lowest BCUT2D eigenvalue weighted by molar-refractivity contribution is 0.622. The second-order valence-corrected chi connectivity index (χ2v) is 3.83. The molecule has 0 saturated heterocycles. The molecule has 2 heterocycles. The van der Waals surface area contributed by atoms with Crippen LogP contribution in [0.2, 0.25) is 0 Å². The molecular formula is C8H5ClFN3S. The summed E-state index contributed by atoms with van der Waals surface area (Å²) in [5.41, 5.74) is 0.611. The van der Waals surface area contributed by atoms with Gasteiger partial charge in [0, 0.05) is 0 Å². The normalized spacial score (nSPS) is 10.4. The maximum absolute atomic E-state index is 12.6. The number of pyridine rings is 1. The van der Waals surface area contributed by atoms with E-state index in [4.69, 9.17) is 11.6 Å². The van der Waals surface area contributed by atoms with Crippen molar-refractivity contribution < 1.29 is 4.39 Å². The molecule has 72 valence electrons. The topological polar surface area (TPSA) is 38.7 Å². The Hall–Kier alpha value is -1.07. The van der Waals surface area contributed by atoms with Crippen LogP contribution in [0.3, 0.4) is 0 Å². The monoisotopic (exact) mass is 229 g/mol. The molecule has 6 heteroatoms. The van der Waals surface area contributed by atoms with Crippen molar-refractivity contribution in [1.29, 1.82) is 0 Å². The lowest BCUT2D eigenvalue weighted by atomic mass is 10.4. The van der Waals surface area contributed by atoms with Crippen LogP contribution in [0, 0.1) is 5.82 Å². The first-order chi connectivity index (χ1) is 6.79. The zero-order valence-electron chi connectivity index (χ0n) is 6.94. The first kappa shape index (κ1) is 9.48. The predicted molar refractivity (Wildman–Crippen MR) is 52.7 cm³/mol. The molecular weight excluding hydrogens is 225 g/mol. The van der Waals surface area contributed by atoms with E-state index in [1.54, 1.807) is 6.07 Å². The van der Waals surface area contributed by atoms with Gasteiger partial charge < -0.3 is 0 Å². The van der Waals surface area contributed by atoms with Gasteiger partial charge in [-0.2, -0.15) is 0 Å². The Labute approximate surface area is 88.6 Å². The lowest BCUT2D eigenvalue weighted by Crippen LogP contribution is -1.83. The number of rotatable bonds is 2.